The molecule has 1 atom stereocenters. The first-order valence-electron chi connectivity index (χ1n) is 8.34. The van der Waals surface area contributed by atoms with E-state index < -0.39 is 0 Å². The number of nitrogens with zero attached hydrogens (tertiary/aromatic N) is 3. The molecule has 3 aromatic rings. The van der Waals surface area contributed by atoms with Gasteiger partial charge < -0.3 is 9.09 Å². The first-order valence-corrected chi connectivity index (χ1v) is 8.34. The Hall–Kier alpha value is -2.76. The van der Waals surface area contributed by atoms with Gasteiger partial charge in [-0.1, -0.05) is 25.1 Å². The highest BCUT2D eigenvalue weighted by atomic mass is 19.1. The minimum absolute atomic E-state index is 0.0789. The Morgan fingerprint density at radius 2 is 2.20 bits per heavy atom. The molecule has 0 N–H and O–H groups in total. The quantitative estimate of drug-likeness (QED) is 0.731. The minimum Gasteiger partial charge on any atom is -0.334 e. The molecule has 0 aliphatic heterocycles. The Labute approximate surface area is 144 Å². The highest BCUT2D eigenvalue weighted by molar-refractivity contribution is 5.52. The van der Waals surface area contributed by atoms with E-state index in [-0.39, 0.29) is 23.2 Å². The molecule has 5 nitrogen and oxygen atoms in total. The summed E-state index contributed by atoms with van der Waals surface area (Å²) in [6, 6.07) is 8.24. The fourth-order valence-electron chi connectivity index (χ4n) is 3.23. The van der Waals surface area contributed by atoms with E-state index in [4.69, 9.17) is 4.52 Å². The molecule has 1 aliphatic rings. The van der Waals surface area contributed by atoms with Gasteiger partial charge in [0.1, 0.15) is 11.4 Å². The molecule has 1 unspecified atom stereocenters. The van der Waals surface area contributed by atoms with Gasteiger partial charge in [-0.2, -0.15) is 4.98 Å². The second kappa shape index (κ2) is 5.95. The fourth-order valence-corrected chi connectivity index (χ4v) is 3.23. The van der Waals surface area contributed by atoms with Gasteiger partial charge in [0.05, 0.1) is 5.92 Å². The van der Waals surface area contributed by atoms with E-state index in [0.717, 1.165) is 17.5 Å². The summed E-state index contributed by atoms with van der Waals surface area (Å²) in [4.78, 5) is 17.0. The maximum atomic E-state index is 13.4. The van der Waals surface area contributed by atoms with Crippen molar-refractivity contribution < 1.29 is 8.91 Å². The Morgan fingerprint density at radius 3 is 3.00 bits per heavy atom. The molecule has 6 heteroatoms. The van der Waals surface area contributed by atoms with Crippen molar-refractivity contribution in [2.75, 3.05) is 0 Å². The van der Waals surface area contributed by atoms with Crippen LogP contribution in [0.5, 0.6) is 0 Å². The van der Waals surface area contributed by atoms with Crippen molar-refractivity contribution in [3.8, 4) is 11.5 Å². The molecule has 4 rings (SSSR count). The van der Waals surface area contributed by atoms with Crippen LogP contribution >= 0.6 is 0 Å². The average Bonchev–Trinajstić information content (AvgIpc) is 3.01. The molecular formula is C19H18FN3O2. The average molecular weight is 339 g/mol. The van der Waals surface area contributed by atoms with Gasteiger partial charge in [0.15, 0.2) is 5.82 Å². The van der Waals surface area contributed by atoms with Crippen LogP contribution in [0.1, 0.15) is 36.7 Å². The van der Waals surface area contributed by atoms with E-state index in [1.807, 2.05) is 0 Å². The normalized spacial score (nSPS) is 15.9. The monoisotopic (exact) mass is 339 g/mol. The Morgan fingerprint density at radius 1 is 1.36 bits per heavy atom. The summed E-state index contributed by atoms with van der Waals surface area (Å²) in [5.41, 5.74) is 2.22. The van der Waals surface area contributed by atoms with E-state index in [0.29, 0.717) is 23.9 Å². The predicted molar refractivity (Wildman–Crippen MR) is 90.8 cm³/mol. The maximum absolute atomic E-state index is 13.4. The third kappa shape index (κ3) is 2.77. The Bertz CT molecular complexity index is 990. The Balaban J connectivity index is 1.66. The highest BCUT2D eigenvalue weighted by Gasteiger charge is 2.32. The summed E-state index contributed by atoms with van der Waals surface area (Å²) < 4.78 is 20.4. The first-order chi connectivity index (χ1) is 12.0. The van der Waals surface area contributed by atoms with Gasteiger partial charge in [0.25, 0.3) is 11.4 Å². The fraction of sp³-hybridized carbons (Fsp3) is 0.316. The zero-order chi connectivity index (χ0) is 17.6. The van der Waals surface area contributed by atoms with Crippen LogP contribution in [-0.2, 0) is 13.0 Å². The number of benzene rings is 1. The van der Waals surface area contributed by atoms with Crippen molar-refractivity contribution in [2.24, 2.45) is 5.92 Å². The number of hydrogen-bond acceptors (Lipinski definition) is 4. The van der Waals surface area contributed by atoms with E-state index in [1.54, 1.807) is 29.0 Å². The second-order valence-corrected chi connectivity index (χ2v) is 6.83. The zero-order valence-corrected chi connectivity index (χ0v) is 14.1. The molecule has 2 aromatic heterocycles. The van der Waals surface area contributed by atoms with Gasteiger partial charge in [-0.05, 0) is 47.7 Å². The largest absolute Gasteiger partial charge is 0.334 e. The lowest BCUT2D eigenvalue weighted by molar-refractivity contribution is 0.414. The van der Waals surface area contributed by atoms with Crippen LogP contribution < -0.4 is 5.56 Å². The van der Waals surface area contributed by atoms with Gasteiger partial charge in [0.2, 0.25) is 0 Å². The third-order valence-electron chi connectivity index (χ3n) is 4.47. The highest BCUT2D eigenvalue weighted by Crippen LogP contribution is 2.39. The summed E-state index contributed by atoms with van der Waals surface area (Å²) in [6.07, 6.45) is 2.51. The molecule has 25 heavy (non-hydrogen) atoms. The number of hydrogen-bond donors (Lipinski definition) is 0. The molecule has 0 radical (unpaired) electrons. The Kier molecular flexibility index (Phi) is 3.75. The summed E-state index contributed by atoms with van der Waals surface area (Å²) in [7, 11) is 0. The van der Waals surface area contributed by atoms with Crippen molar-refractivity contribution >= 4 is 0 Å². The van der Waals surface area contributed by atoms with Crippen LogP contribution in [0.2, 0.25) is 0 Å². The topological polar surface area (TPSA) is 60.9 Å². The molecule has 0 amide bonds. The van der Waals surface area contributed by atoms with Gasteiger partial charge >= 0.3 is 0 Å². The van der Waals surface area contributed by atoms with Crippen LogP contribution in [0.25, 0.3) is 11.5 Å². The zero-order valence-electron chi connectivity index (χ0n) is 14.1. The lowest BCUT2D eigenvalue weighted by Gasteiger charge is -2.27. The van der Waals surface area contributed by atoms with E-state index in [1.165, 1.54) is 12.1 Å². The van der Waals surface area contributed by atoms with Crippen LogP contribution in [0.4, 0.5) is 4.39 Å². The molecule has 128 valence electrons. The smallest absolute Gasteiger partial charge is 0.263 e. The first kappa shape index (κ1) is 15.7. The van der Waals surface area contributed by atoms with Gasteiger partial charge in [-0.25, -0.2) is 4.39 Å². The second-order valence-electron chi connectivity index (χ2n) is 6.83. The standard InChI is InChI=1S/C19H18FN3O2/c1-11(2)10-23-7-3-4-14(19(23)24)18-21-17(22-25-18)16-8-12-5-6-13(20)9-15(12)16/h3-7,9,11,16H,8,10H2,1-2H3. The molecule has 0 fully saturated rings. The van der Waals surface area contributed by atoms with Gasteiger partial charge in [-0.3, -0.25) is 4.79 Å². The van der Waals surface area contributed by atoms with Crippen LogP contribution in [-0.4, -0.2) is 14.7 Å². The van der Waals surface area contributed by atoms with Crippen molar-refractivity contribution in [3.05, 3.63) is 69.7 Å². The van der Waals surface area contributed by atoms with Crippen LogP contribution in [0.3, 0.4) is 0 Å². The lowest BCUT2D eigenvalue weighted by atomic mass is 9.77. The molecule has 0 saturated carbocycles. The minimum atomic E-state index is -0.271. The molecule has 2 heterocycles. The van der Waals surface area contributed by atoms with E-state index >= 15 is 0 Å². The summed E-state index contributed by atoms with van der Waals surface area (Å²) in [5.74, 6) is 0.707. The molecular weight excluding hydrogens is 321 g/mol. The predicted octanol–water partition coefficient (Wildman–Crippen LogP) is 3.38. The number of fused-ring (bicyclic) bond motifs is 1. The van der Waals surface area contributed by atoms with Crippen molar-refractivity contribution in [3.63, 3.8) is 0 Å². The number of rotatable bonds is 4. The molecule has 0 saturated heterocycles. The number of aromatic nitrogens is 3. The van der Waals surface area contributed by atoms with E-state index in [9.17, 15) is 9.18 Å². The van der Waals surface area contributed by atoms with Crippen LogP contribution in [0.15, 0.2) is 45.8 Å². The van der Waals surface area contributed by atoms with Gasteiger partial charge in [-0.15, -0.1) is 0 Å². The number of pyridine rings is 1. The maximum Gasteiger partial charge on any atom is 0.263 e. The molecule has 1 aliphatic carbocycles. The third-order valence-corrected chi connectivity index (χ3v) is 4.47. The lowest BCUT2D eigenvalue weighted by Crippen LogP contribution is -2.23. The molecule has 0 spiro atoms. The summed E-state index contributed by atoms with van der Waals surface area (Å²) in [5, 5.41) is 4.02. The van der Waals surface area contributed by atoms with Crippen LogP contribution in [0, 0.1) is 11.7 Å². The van der Waals surface area contributed by atoms with Crippen molar-refractivity contribution in [1.29, 1.82) is 0 Å². The number of halogens is 1. The van der Waals surface area contributed by atoms with Gasteiger partial charge in [0, 0.05) is 12.7 Å². The van der Waals surface area contributed by atoms with Crippen molar-refractivity contribution in [1.82, 2.24) is 14.7 Å². The molecule has 1 aromatic carbocycles. The SMILES string of the molecule is CC(C)Cn1cccc(-c2nc(C3Cc4ccc(F)cc43)no2)c1=O. The summed E-state index contributed by atoms with van der Waals surface area (Å²) >= 11 is 0. The van der Waals surface area contributed by atoms with E-state index in [2.05, 4.69) is 24.0 Å². The summed E-state index contributed by atoms with van der Waals surface area (Å²) in [6.45, 7) is 4.73. The van der Waals surface area contributed by atoms with Crippen molar-refractivity contribution in [2.45, 2.75) is 32.7 Å². The molecule has 0 bridgehead atoms.